The van der Waals surface area contributed by atoms with Crippen molar-refractivity contribution in [3.8, 4) is 0 Å². The average molecular weight is 439 g/mol. The fourth-order valence-electron chi connectivity index (χ4n) is 4.04. The molecule has 0 aliphatic carbocycles. The van der Waals surface area contributed by atoms with Gasteiger partial charge in [0.15, 0.2) is 11.4 Å². The van der Waals surface area contributed by atoms with Crippen LogP contribution in [0.1, 0.15) is 64.8 Å². The van der Waals surface area contributed by atoms with Crippen LogP contribution in [0.4, 0.5) is 0 Å². The van der Waals surface area contributed by atoms with Crippen LogP contribution in [0.3, 0.4) is 0 Å². The Hall–Kier alpha value is -2.87. The second-order valence-corrected chi connectivity index (χ2v) is 9.33. The Morgan fingerprint density at radius 3 is 2.71 bits per heavy atom. The molecule has 0 radical (unpaired) electrons. The lowest BCUT2D eigenvalue weighted by Crippen LogP contribution is -2.39. The van der Waals surface area contributed by atoms with Gasteiger partial charge in [-0.05, 0) is 44.0 Å². The summed E-state index contributed by atoms with van der Waals surface area (Å²) < 4.78 is 1.98. The van der Waals surface area contributed by atoms with Gasteiger partial charge in [-0.15, -0.1) is 21.5 Å². The van der Waals surface area contributed by atoms with Gasteiger partial charge in [-0.3, -0.25) is 18.8 Å². The summed E-state index contributed by atoms with van der Waals surface area (Å²) in [5, 5.41) is 8.56. The molecule has 3 aromatic rings. The van der Waals surface area contributed by atoms with Gasteiger partial charge in [-0.2, -0.15) is 0 Å². The lowest BCUT2D eigenvalue weighted by molar-refractivity contribution is -0.134. The van der Waals surface area contributed by atoms with Crippen LogP contribution in [0.5, 0.6) is 0 Å². The fourth-order valence-corrected chi connectivity index (χ4v) is 4.88. The Balaban J connectivity index is 1.26. The summed E-state index contributed by atoms with van der Waals surface area (Å²) in [5.74, 6) is 0.973. The zero-order chi connectivity index (χ0) is 21.8. The topological polar surface area (TPSA) is 84.6 Å². The van der Waals surface area contributed by atoms with Crippen molar-refractivity contribution in [2.24, 2.45) is 0 Å². The molecule has 1 saturated heterocycles. The number of carbonyl (C=O) groups excluding carboxylic acids is 3. The molecule has 4 heterocycles. The van der Waals surface area contributed by atoms with Crippen LogP contribution in [0, 0.1) is 6.92 Å². The first-order chi connectivity index (χ1) is 15.0. The van der Waals surface area contributed by atoms with E-state index in [9.17, 15) is 14.4 Å². The highest BCUT2D eigenvalue weighted by Crippen LogP contribution is 2.26. The number of piperidine rings is 1. The number of carbonyl (C=O) groups is 3. The van der Waals surface area contributed by atoms with Crippen LogP contribution >= 0.6 is 11.3 Å². The van der Waals surface area contributed by atoms with E-state index in [1.807, 2.05) is 52.8 Å². The van der Waals surface area contributed by atoms with Crippen molar-refractivity contribution in [2.75, 3.05) is 13.1 Å². The number of aromatic nitrogens is 3. The third-order valence-corrected chi connectivity index (χ3v) is 6.78. The number of pyridine rings is 1. The van der Waals surface area contributed by atoms with Crippen LogP contribution in [0.15, 0.2) is 36.5 Å². The molecule has 0 saturated carbocycles. The van der Waals surface area contributed by atoms with Crippen LogP contribution < -0.4 is 0 Å². The van der Waals surface area contributed by atoms with Gasteiger partial charge in [-0.25, -0.2) is 0 Å². The molecule has 31 heavy (non-hydrogen) atoms. The van der Waals surface area contributed by atoms with E-state index in [2.05, 4.69) is 10.2 Å². The second kappa shape index (κ2) is 9.51. The van der Waals surface area contributed by atoms with E-state index in [0.717, 1.165) is 29.2 Å². The molecule has 1 aliphatic heterocycles. The molecule has 0 spiro atoms. The summed E-state index contributed by atoms with van der Waals surface area (Å²) in [7, 11) is 0. The number of nitrogens with zero attached hydrogens (tertiary/aromatic N) is 4. The lowest BCUT2D eigenvalue weighted by atomic mass is 9.96. The minimum atomic E-state index is -0.0352. The standard InChI is InChI=1S/C23H26N4O3S/c1-16-7-11-20(31-16)19(29)10-8-18(28)9-12-22(30)26-13-4-5-17(15-26)23-25-24-21-6-2-3-14-27(21)23/h2-3,6-7,11,14,17H,4-5,8-10,12-13,15H2,1H3. The number of rotatable bonds is 8. The number of hydrogen-bond acceptors (Lipinski definition) is 6. The van der Waals surface area contributed by atoms with Gasteiger partial charge in [0.2, 0.25) is 5.91 Å². The predicted molar refractivity (Wildman–Crippen MR) is 118 cm³/mol. The van der Waals surface area contributed by atoms with E-state index < -0.39 is 0 Å². The fraction of sp³-hybridized carbons (Fsp3) is 0.435. The minimum absolute atomic E-state index is 0.00261. The quantitative estimate of drug-likeness (QED) is 0.499. The van der Waals surface area contributed by atoms with Gasteiger partial charge in [0.25, 0.3) is 0 Å². The Morgan fingerprint density at radius 2 is 1.90 bits per heavy atom. The van der Waals surface area contributed by atoms with Crippen LogP contribution in [0.2, 0.25) is 0 Å². The maximum Gasteiger partial charge on any atom is 0.223 e. The molecule has 0 bridgehead atoms. The first kappa shape index (κ1) is 21.4. The molecule has 1 amide bonds. The molecule has 1 atom stereocenters. The molecule has 1 unspecified atom stereocenters. The van der Waals surface area contributed by atoms with E-state index in [1.165, 1.54) is 11.3 Å². The summed E-state index contributed by atoms with van der Waals surface area (Å²) in [4.78, 5) is 40.7. The first-order valence-electron chi connectivity index (χ1n) is 10.7. The van der Waals surface area contributed by atoms with Crippen molar-refractivity contribution in [3.63, 3.8) is 0 Å². The number of hydrogen-bond donors (Lipinski definition) is 0. The SMILES string of the molecule is Cc1ccc(C(=O)CCC(=O)CCC(=O)N2CCCC(c3nnc4ccccn34)C2)s1. The molecular weight excluding hydrogens is 412 g/mol. The number of fused-ring (bicyclic) bond motifs is 1. The molecule has 8 heteroatoms. The Bertz CT molecular complexity index is 1100. The average Bonchev–Trinajstić information content (AvgIpc) is 3.42. The van der Waals surface area contributed by atoms with Gasteiger partial charge in [0.05, 0.1) is 4.88 Å². The Morgan fingerprint density at radius 1 is 1.06 bits per heavy atom. The van der Waals surface area contributed by atoms with Crippen molar-refractivity contribution in [1.82, 2.24) is 19.5 Å². The highest BCUT2D eigenvalue weighted by Gasteiger charge is 2.28. The van der Waals surface area contributed by atoms with E-state index in [4.69, 9.17) is 0 Å². The first-order valence-corrected chi connectivity index (χ1v) is 11.5. The number of ketones is 2. The molecule has 1 aliphatic rings. The summed E-state index contributed by atoms with van der Waals surface area (Å²) in [6.07, 6.45) is 4.59. The number of likely N-dealkylation sites (tertiary alicyclic amines) is 1. The normalized spacial score (nSPS) is 16.5. The van der Waals surface area contributed by atoms with E-state index in [-0.39, 0.29) is 49.1 Å². The van der Waals surface area contributed by atoms with Gasteiger partial charge in [-0.1, -0.05) is 6.07 Å². The van der Waals surface area contributed by atoms with Crippen molar-refractivity contribution >= 4 is 34.5 Å². The van der Waals surface area contributed by atoms with E-state index in [0.29, 0.717) is 18.0 Å². The minimum Gasteiger partial charge on any atom is -0.342 e. The summed E-state index contributed by atoms with van der Waals surface area (Å²) in [6, 6.07) is 9.50. The number of aryl methyl sites for hydroxylation is 1. The zero-order valence-electron chi connectivity index (χ0n) is 17.6. The maximum absolute atomic E-state index is 12.7. The Kier molecular flexibility index (Phi) is 6.56. The summed E-state index contributed by atoms with van der Waals surface area (Å²) >= 11 is 1.45. The van der Waals surface area contributed by atoms with Gasteiger partial charge >= 0.3 is 0 Å². The molecule has 0 aromatic carbocycles. The van der Waals surface area contributed by atoms with Crippen molar-refractivity contribution in [3.05, 3.63) is 52.1 Å². The lowest BCUT2D eigenvalue weighted by Gasteiger charge is -2.32. The van der Waals surface area contributed by atoms with Crippen LogP contribution in [0.25, 0.3) is 5.65 Å². The smallest absolute Gasteiger partial charge is 0.223 e. The summed E-state index contributed by atoms with van der Waals surface area (Å²) in [5.41, 5.74) is 0.804. The molecule has 0 N–H and O–H groups in total. The van der Waals surface area contributed by atoms with Crippen molar-refractivity contribution in [1.29, 1.82) is 0 Å². The third-order valence-electron chi connectivity index (χ3n) is 5.74. The predicted octanol–water partition coefficient (Wildman–Crippen LogP) is 3.82. The van der Waals surface area contributed by atoms with Crippen LogP contribution in [-0.4, -0.2) is 50.1 Å². The van der Waals surface area contributed by atoms with Gasteiger partial charge < -0.3 is 4.90 Å². The maximum atomic E-state index is 12.7. The van der Waals surface area contributed by atoms with Crippen LogP contribution in [-0.2, 0) is 9.59 Å². The monoisotopic (exact) mass is 438 g/mol. The number of thiophene rings is 1. The third kappa shape index (κ3) is 5.07. The van der Waals surface area contributed by atoms with Gasteiger partial charge in [0, 0.05) is 55.8 Å². The molecule has 162 valence electrons. The number of Topliss-reactive ketones (excluding diaryl/α,β-unsaturated/α-hetero) is 2. The molecule has 4 rings (SSSR count). The highest BCUT2D eigenvalue weighted by atomic mass is 32.1. The number of amides is 1. The molecule has 1 fully saturated rings. The Labute approximate surface area is 185 Å². The van der Waals surface area contributed by atoms with Crippen molar-refractivity contribution < 1.29 is 14.4 Å². The van der Waals surface area contributed by atoms with Gasteiger partial charge in [0.1, 0.15) is 11.6 Å². The highest BCUT2D eigenvalue weighted by molar-refractivity contribution is 7.14. The largest absolute Gasteiger partial charge is 0.342 e. The molecule has 3 aromatic heterocycles. The zero-order valence-corrected chi connectivity index (χ0v) is 18.4. The van der Waals surface area contributed by atoms with E-state index >= 15 is 0 Å². The summed E-state index contributed by atoms with van der Waals surface area (Å²) in [6.45, 7) is 3.25. The molecule has 7 nitrogen and oxygen atoms in total. The molecular formula is C23H26N4O3S. The second-order valence-electron chi connectivity index (χ2n) is 8.04. The van der Waals surface area contributed by atoms with E-state index in [1.54, 1.807) is 0 Å². The van der Waals surface area contributed by atoms with Crippen molar-refractivity contribution in [2.45, 2.75) is 51.4 Å².